The Kier molecular flexibility index (Phi) is 5.46. The SMILES string of the molecule is C=C(CCC)Nc1cncc(-c2cnc3n[nH]c(-c4cc5c(-c6ccncc6)nccc5[nH]4)c3c2)c1. The third-order valence-electron chi connectivity index (χ3n) is 6.13. The van der Waals surface area contributed by atoms with Crippen LogP contribution in [0.2, 0.25) is 0 Å². The van der Waals surface area contributed by atoms with E-state index in [1.165, 1.54) is 0 Å². The second-order valence-corrected chi connectivity index (χ2v) is 8.67. The van der Waals surface area contributed by atoms with E-state index in [1.807, 2.05) is 36.8 Å². The number of nitrogens with zero attached hydrogens (tertiary/aromatic N) is 5. The average Bonchev–Trinajstić information content (AvgIpc) is 3.53. The van der Waals surface area contributed by atoms with Crippen molar-refractivity contribution in [2.75, 3.05) is 5.32 Å². The van der Waals surface area contributed by atoms with Crippen LogP contribution in [0, 0.1) is 0 Å². The summed E-state index contributed by atoms with van der Waals surface area (Å²) in [5, 5.41) is 12.9. The predicted molar refractivity (Wildman–Crippen MR) is 143 cm³/mol. The van der Waals surface area contributed by atoms with Gasteiger partial charge in [-0.25, -0.2) is 4.98 Å². The predicted octanol–water partition coefficient (Wildman–Crippen LogP) is 6.35. The number of anilines is 1. The van der Waals surface area contributed by atoms with Crippen molar-refractivity contribution in [2.24, 2.45) is 0 Å². The molecule has 0 atom stereocenters. The second kappa shape index (κ2) is 9.07. The number of aromatic amines is 2. The van der Waals surface area contributed by atoms with Crippen molar-refractivity contribution in [3.8, 4) is 33.8 Å². The van der Waals surface area contributed by atoms with Gasteiger partial charge in [0.2, 0.25) is 0 Å². The smallest absolute Gasteiger partial charge is 0.181 e. The van der Waals surface area contributed by atoms with Gasteiger partial charge in [0.15, 0.2) is 5.65 Å². The number of fused-ring (bicyclic) bond motifs is 2. The minimum Gasteiger partial charge on any atom is -0.358 e. The molecule has 6 rings (SSSR count). The summed E-state index contributed by atoms with van der Waals surface area (Å²) in [4.78, 5) is 21.3. The lowest BCUT2D eigenvalue weighted by Gasteiger charge is -2.09. The Morgan fingerprint density at radius 3 is 2.61 bits per heavy atom. The van der Waals surface area contributed by atoms with Gasteiger partial charge in [-0.2, -0.15) is 5.10 Å². The molecule has 0 aliphatic carbocycles. The van der Waals surface area contributed by atoms with E-state index in [0.717, 1.165) is 74.3 Å². The van der Waals surface area contributed by atoms with E-state index >= 15 is 0 Å². The number of H-pyrrole nitrogens is 2. The third-order valence-corrected chi connectivity index (χ3v) is 6.13. The Morgan fingerprint density at radius 2 is 1.75 bits per heavy atom. The van der Waals surface area contributed by atoms with E-state index in [-0.39, 0.29) is 0 Å². The lowest BCUT2D eigenvalue weighted by atomic mass is 10.1. The first-order chi connectivity index (χ1) is 17.7. The van der Waals surface area contributed by atoms with Crippen molar-refractivity contribution in [1.29, 1.82) is 0 Å². The fourth-order valence-electron chi connectivity index (χ4n) is 4.43. The van der Waals surface area contributed by atoms with Crippen LogP contribution in [-0.4, -0.2) is 35.1 Å². The molecule has 0 saturated carbocycles. The van der Waals surface area contributed by atoms with Crippen LogP contribution in [-0.2, 0) is 0 Å². The van der Waals surface area contributed by atoms with Crippen molar-refractivity contribution in [1.82, 2.24) is 35.1 Å². The van der Waals surface area contributed by atoms with E-state index < -0.39 is 0 Å². The molecule has 6 aromatic rings. The quantitative estimate of drug-likeness (QED) is 0.250. The summed E-state index contributed by atoms with van der Waals surface area (Å²) >= 11 is 0. The van der Waals surface area contributed by atoms with Gasteiger partial charge in [-0.3, -0.25) is 20.1 Å². The molecule has 0 bridgehead atoms. The van der Waals surface area contributed by atoms with Crippen LogP contribution < -0.4 is 5.32 Å². The van der Waals surface area contributed by atoms with E-state index in [1.54, 1.807) is 18.6 Å². The molecule has 0 fully saturated rings. The third kappa shape index (κ3) is 3.98. The van der Waals surface area contributed by atoms with Crippen LogP contribution in [0.4, 0.5) is 5.69 Å². The van der Waals surface area contributed by atoms with Gasteiger partial charge in [-0.15, -0.1) is 0 Å². The summed E-state index contributed by atoms with van der Waals surface area (Å²) in [5.74, 6) is 0. The van der Waals surface area contributed by atoms with Crippen LogP contribution >= 0.6 is 0 Å². The van der Waals surface area contributed by atoms with Crippen molar-refractivity contribution >= 4 is 27.6 Å². The summed E-state index contributed by atoms with van der Waals surface area (Å²) in [6.07, 6.45) is 12.8. The Balaban J connectivity index is 1.40. The van der Waals surface area contributed by atoms with Crippen molar-refractivity contribution in [2.45, 2.75) is 19.8 Å². The molecule has 6 heterocycles. The number of hydrogen-bond acceptors (Lipinski definition) is 6. The highest BCUT2D eigenvalue weighted by Gasteiger charge is 2.15. The van der Waals surface area contributed by atoms with Crippen molar-refractivity contribution in [3.05, 3.63) is 85.9 Å². The standard InChI is InChI=1S/C28H24N8/c1-3-4-17(2)33-21-11-19(14-30-16-21)20-12-23-27(35-36-28(23)32-15-20)25-13-22-24(34-25)7-10-31-26(22)18-5-8-29-9-6-18/h5-16,33-34H,2-4H2,1H3,(H,32,35,36). The van der Waals surface area contributed by atoms with Crippen LogP contribution in [0.3, 0.4) is 0 Å². The molecule has 0 aromatic carbocycles. The van der Waals surface area contributed by atoms with Crippen molar-refractivity contribution in [3.63, 3.8) is 0 Å². The maximum Gasteiger partial charge on any atom is 0.181 e. The van der Waals surface area contributed by atoms with Gasteiger partial charge in [0.05, 0.1) is 29.0 Å². The maximum atomic E-state index is 4.62. The molecular weight excluding hydrogens is 448 g/mol. The molecular formula is C28H24N8. The Labute approximate surface area is 207 Å². The first-order valence-electron chi connectivity index (χ1n) is 11.8. The number of rotatable bonds is 7. The van der Waals surface area contributed by atoms with Gasteiger partial charge in [-0.05, 0) is 42.8 Å². The van der Waals surface area contributed by atoms with Crippen LogP contribution in [0.15, 0.2) is 85.9 Å². The normalized spacial score (nSPS) is 11.2. The first-order valence-corrected chi connectivity index (χ1v) is 11.8. The lowest BCUT2D eigenvalue weighted by Crippen LogP contribution is -1.98. The van der Waals surface area contributed by atoms with E-state index in [2.05, 4.69) is 72.1 Å². The van der Waals surface area contributed by atoms with Crippen molar-refractivity contribution < 1.29 is 0 Å². The van der Waals surface area contributed by atoms with E-state index in [4.69, 9.17) is 0 Å². The Bertz CT molecular complexity index is 1700. The summed E-state index contributed by atoms with van der Waals surface area (Å²) in [7, 11) is 0. The largest absolute Gasteiger partial charge is 0.358 e. The Morgan fingerprint density at radius 1 is 0.889 bits per heavy atom. The zero-order valence-corrected chi connectivity index (χ0v) is 19.8. The molecule has 3 N–H and O–H groups in total. The molecule has 0 unspecified atom stereocenters. The molecule has 0 amide bonds. The highest BCUT2D eigenvalue weighted by molar-refractivity contribution is 6.00. The first kappa shape index (κ1) is 21.7. The number of aromatic nitrogens is 7. The molecule has 8 heteroatoms. The Hall–Kier alpha value is -4.85. The summed E-state index contributed by atoms with van der Waals surface area (Å²) in [6.45, 7) is 6.22. The molecule has 0 aliphatic rings. The number of pyridine rings is 4. The van der Waals surface area contributed by atoms with Gasteiger partial charge >= 0.3 is 0 Å². The molecule has 36 heavy (non-hydrogen) atoms. The zero-order chi connectivity index (χ0) is 24.5. The summed E-state index contributed by atoms with van der Waals surface area (Å²) in [6, 6.07) is 12.2. The summed E-state index contributed by atoms with van der Waals surface area (Å²) in [5.41, 5.74) is 9.15. The molecule has 0 radical (unpaired) electrons. The molecule has 8 nitrogen and oxygen atoms in total. The van der Waals surface area contributed by atoms with Gasteiger partial charge in [-0.1, -0.05) is 19.9 Å². The summed E-state index contributed by atoms with van der Waals surface area (Å²) < 4.78 is 0. The highest BCUT2D eigenvalue weighted by atomic mass is 15.2. The van der Waals surface area contributed by atoms with E-state index in [0.29, 0.717) is 5.65 Å². The van der Waals surface area contributed by atoms with Gasteiger partial charge in [0.25, 0.3) is 0 Å². The molecule has 6 aromatic heterocycles. The van der Waals surface area contributed by atoms with Gasteiger partial charge in [0, 0.05) is 69.7 Å². The maximum absolute atomic E-state index is 4.62. The minimum absolute atomic E-state index is 0.651. The highest BCUT2D eigenvalue weighted by Crippen LogP contribution is 2.34. The lowest BCUT2D eigenvalue weighted by molar-refractivity contribution is 0.913. The van der Waals surface area contributed by atoms with Crippen LogP contribution in [0.5, 0.6) is 0 Å². The zero-order valence-electron chi connectivity index (χ0n) is 19.8. The monoisotopic (exact) mass is 472 g/mol. The molecule has 0 spiro atoms. The van der Waals surface area contributed by atoms with Gasteiger partial charge in [0.1, 0.15) is 0 Å². The fourth-order valence-corrected chi connectivity index (χ4v) is 4.43. The minimum atomic E-state index is 0.651. The fraction of sp³-hybridized carbons (Fsp3) is 0.107. The van der Waals surface area contributed by atoms with Crippen LogP contribution in [0.25, 0.3) is 55.7 Å². The topological polar surface area (TPSA) is 108 Å². The number of nitrogens with one attached hydrogen (secondary N) is 3. The average molecular weight is 473 g/mol. The van der Waals surface area contributed by atoms with Gasteiger partial charge < -0.3 is 10.3 Å². The van der Waals surface area contributed by atoms with E-state index in [9.17, 15) is 0 Å². The van der Waals surface area contributed by atoms with Crippen LogP contribution in [0.1, 0.15) is 19.8 Å². The number of allylic oxidation sites excluding steroid dienone is 1. The number of hydrogen-bond donors (Lipinski definition) is 3. The molecule has 0 saturated heterocycles. The molecule has 0 aliphatic heterocycles. The molecule has 176 valence electrons. The second-order valence-electron chi connectivity index (χ2n) is 8.67.